The summed E-state index contributed by atoms with van der Waals surface area (Å²) in [5.74, 6) is 0. The largest absolute Gasteiger partial charge is 0 e. The zero-order valence-electron chi connectivity index (χ0n) is 4.18. The van der Waals surface area contributed by atoms with Crippen molar-refractivity contribution in [3.8, 4) is 0 Å². The average molecular weight is 213 g/mol. The van der Waals surface area contributed by atoms with Gasteiger partial charge in [0.15, 0.2) is 0 Å². The van der Waals surface area contributed by atoms with Crippen LogP contribution in [0.15, 0.2) is 12.7 Å². The zero-order valence-corrected chi connectivity index (χ0v) is 11.3. The molecule has 0 fully saturated rings. The molecule has 0 aliphatic carbocycles. The van der Waals surface area contributed by atoms with Gasteiger partial charge in [-0.05, 0) is 0 Å². The molecule has 0 amide bonds. The van der Waals surface area contributed by atoms with E-state index in [1.165, 1.54) is 6.08 Å². The third-order valence-electron chi connectivity index (χ3n) is 0.228. The molecule has 0 aromatic carbocycles. The first-order chi connectivity index (χ1) is 2.27. The topological polar surface area (TPSA) is 17.1 Å². The standard InChI is InChI=1S/C3H3O.Al.2Zn/c1-2-3-4;;;/h2H,1H2;;;. The van der Waals surface area contributed by atoms with Gasteiger partial charge in [0, 0.05) is 36.8 Å². The van der Waals surface area contributed by atoms with Gasteiger partial charge in [0.25, 0.3) is 0 Å². The van der Waals surface area contributed by atoms with E-state index in [0.717, 1.165) is 0 Å². The van der Waals surface area contributed by atoms with Crippen LogP contribution in [0.5, 0.6) is 0 Å². The smallest absolute Gasteiger partial charge is 0 e. The summed E-state index contributed by atoms with van der Waals surface area (Å²) >= 11 is 0.698. The van der Waals surface area contributed by atoms with Crippen molar-refractivity contribution < 1.29 is 42.6 Å². The normalized spacial score (nSPS) is 4.86. The van der Waals surface area contributed by atoms with Gasteiger partial charge in [-0.25, -0.2) is 0 Å². The molecule has 28 valence electrons. The van der Waals surface area contributed by atoms with Gasteiger partial charge in [-0.2, -0.15) is 0 Å². The molecule has 0 aromatic heterocycles. The summed E-state index contributed by atoms with van der Waals surface area (Å²) in [6, 6.07) is 0. The first-order valence-electron chi connectivity index (χ1n) is 1.25. The fraction of sp³-hybridized carbons (Fsp3) is 0. The van der Waals surface area contributed by atoms with E-state index in [4.69, 9.17) is 0 Å². The Bertz CT molecular complexity index is 64.0. The third-order valence-corrected chi connectivity index (χ3v) is 0.833. The van der Waals surface area contributed by atoms with Crippen molar-refractivity contribution >= 4 is 21.7 Å². The van der Waals surface area contributed by atoms with E-state index in [-0.39, 0.29) is 41.2 Å². The Morgan fingerprint density at radius 3 is 1.86 bits per heavy atom. The molecule has 0 unspecified atom stereocenters. The first kappa shape index (κ1) is 15.7. The van der Waals surface area contributed by atoms with Gasteiger partial charge in [-0.3, -0.25) is 0 Å². The molecule has 0 aliphatic rings. The number of carbonyl (C=O) groups excluding carboxylic acids is 1. The van der Waals surface area contributed by atoms with E-state index >= 15 is 0 Å². The Morgan fingerprint density at radius 1 is 1.71 bits per heavy atom. The van der Waals surface area contributed by atoms with Gasteiger partial charge < -0.3 is 0 Å². The second kappa shape index (κ2) is 10.2. The van der Waals surface area contributed by atoms with Crippen molar-refractivity contribution in [3.63, 3.8) is 0 Å². The Balaban J connectivity index is -0.0000000800. The molecular formula is C3H3AlOZn2. The molecule has 0 saturated carbocycles. The monoisotopic (exact) mass is 210 g/mol. The SMILES string of the molecule is C=C[C](=O)[Zn].[Al].[Zn]. The van der Waals surface area contributed by atoms with Crippen LogP contribution in [0.4, 0.5) is 0 Å². The van der Waals surface area contributed by atoms with Crippen molar-refractivity contribution in [1.82, 2.24) is 0 Å². The van der Waals surface area contributed by atoms with Gasteiger partial charge in [0.05, 0.1) is 0 Å². The summed E-state index contributed by atoms with van der Waals surface area (Å²) < 4.78 is 0.144. The summed E-state index contributed by atoms with van der Waals surface area (Å²) in [7, 11) is 0. The number of hydrogen-bond acceptors (Lipinski definition) is 1. The van der Waals surface area contributed by atoms with E-state index in [1.807, 2.05) is 0 Å². The van der Waals surface area contributed by atoms with Gasteiger partial charge in [0.2, 0.25) is 0 Å². The summed E-state index contributed by atoms with van der Waals surface area (Å²) in [5.41, 5.74) is 0. The van der Waals surface area contributed by atoms with E-state index in [0.29, 0.717) is 18.3 Å². The minimum absolute atomic E-state index is 0. The van der Waals surface area contributed by atoms with Crippen molar-refractivity contribution in [3.05, 3.63) is 12.7 Å². The number of allylic oxidation sites excluding steroid dienone is 1. The van der Waals surface area contributed by atoms with Crippen LogP contribution in [0.3, 0.4) is 0 Å². The van der Waals surface area contributed by atoms with Crippen molar-refractivity contribution in [1.29, 1.82) is 0 Å². The predicted molar refractivity (Wildman–Crippen MR) is 21.0 cm³/mol. The fourth-order valence-corrected chi connectivity index (χ4v) is 0. The summed E-state index contributed by atoms with van der Waals surface area (Å²) in [6.07, 6.45) is 1.33. The maximum absolute atomic E-state index is 9.75. The van der Waals surface area contributed by atoms with Crippen LogP contribution in [0, 0.1) is 0 Å². The molecule has 0 bridgehead atoms. The molecule has 0 spiro atoms. The van der Waals surface area contributed by atoms with Crippen LogP contribution < -0.4 is 0 Å². The van der Waals surface area contributed by atoms with Crippen LogP contribution in [0.25, 0.3) is 0 Å². The Kier molecular flexibility index (Phi) is 23.0. The molecule has 1 nitrogen and oxygen atoms in total. The number of carbonyl (C=O) groups is 1. The average Bonchev–Trinajstić information content (AvgIpc) is 1.38. The zero-order chi connectivity index (χ0) is 4.28. The molecule has 0 saturated heterocycles. The quantitative estimate of drug-likeness (QED) is 0.437. The molecule has 0 heterocycles. The van der Waals surface area contributed by atoms with Gasteiger partial charge in [0.1, 0.15) is 0 Å². The second-order valence-electron chi connectivity index (χ2n) is 0.670. The molecule has 0 atom stereocenters. The van der Waals surface area contributed by atoms with E-state index in [2.05, 4.69) is 6.58 Å². The molecule has 0 aromatic rings. The molecule has 0 N–H and O–H groups in total. The molecule has 0 rings (SSSR count). The van der Waals surface area contributed by atoms with Crippen molar-refractivity contribution in [2.75, 3.05) is 0 Å². The van der Waals surface area contributed by atoms with Gasteiger partial charge in [-0.1, -0.05) is 0 Å². The Morgan fingerprint density at radius 2 is 1.86 bits per heavy atom. The van der Waals surface area contributed by atoms with Crippen molar-refractivity contribution in [2.24, 2.45) is 0 Å². The molecule has 4 heteroatoms. The van der Waals surface area contributed by atoms with Crippen LogP contribution in [0.1, 0.15) is 0 Å². The van der Waals surface area contributed by atoms with E-state index in [1.54, 1.807) is 0 Å². The van der Waals surface area contributed by atoms with Crippen LogP contribution in [-0.4, -0.2) is 21.7 Å². The third kappa shape index (κ3) is 19.0. The summed E-state index contributed by atoms with van der Waals surface area (Å²) in [5, 5.41) is 0. The fourth-order valence-electron chi connectivity index (χ4n) is 0. The van der Waals surface area contributed by atoms with Gasteiger partial charge >= 0.3 is 40.1 Å². The summed E-state index contributed by atoms with van der Waals surface area (Å²) in [4.78, 5) is 9.75. The Hall–Kier alpha value is 1.19. The minimum Gasteiger partial charge on any atom is 0 e. The van der Waals surface area contributed by atoms with Gasteiger partial charge in [-0.15, -0.1) is 0 Å². The molecule has 3 radical (unpaired) electrons. The predicted octanol–water partition coefficient (Wildman–Crippen LogP) is -0.137. The van der Waals surface area contributed by atoms with Crippen LogP contribution in [0.2, 0.25) is 0 Å². The molecular weight excluding hydrogens is 210 g/mol. The van der Waals surface area contributed by atoms with E-state index in [9.17, 15) is 4.79 Å². The first-order valence-corrected chi connectivity index (χ1v) is 2.74. The maximum atomic E-state index is 9.75. The minimum atomic E-state index is 0. The second-order valence-corrected chi connectivity index (χ2v) is 2.13. The molecule has 0 aliphatic heterocycles. The van der Waals surface area contributed by atoms with Crippen LogP contribution in [-0.2, 0) is 42.6 Å². The van der Waals surface area contributed by atoms with Crippen molar-refractivity contribution in [2.45, 2.75) is 0 Å². The van der Waals surface area contributed by atoms with E-state index < -0.39 is 0 Å². The number of hydrogen-bond donors (Lipinski definition) is 0. The Labute approximate surface area is 76.5 Å². The maximum Gasteiger partial charge on any atom is 0 e. The molecule has 7 heavy (non-hydrogen) atoms. The van der Waals surface area contributed by atoms with Crippen LogP contribution >= 0.6 is 0 Å². The summed E-state index contributed by atoms with van der Waals surface area (Å²) in [6.45, 7) is 3.24. The number of rotatable bonds is 1.